The highest BCUT2D eigenvalue weighted by molar-refractivity contribution is 9.10. The standard InChI is InChI=1S/C18H15BrN2O2/c1-2-21-17(10-7-12-11-13(19)8-9-16(12)22)20-15-6-4-3-5-14(15)18(21)23/h3-11,22H,2H2,1H3/b10-7+. The van der Waals surface area contributed by atoms with Gasteiger partial charge in [0.25, 0.3) is 5.56 Å². The van der Waals surface area contributed by atoms with E-state index in [1.807, 2.05) is 25.1 Å². The number of phenols is 1. The van der Waals surface area contributed by atoms with Crippen LogP contribution in [0.1, 0.15) is 18.3 Å². The Morgan fingerprint density at radius 1 is 1.22 bits per heavy atom. The molecule has 1 aromatic heterocycles. The number of phenolic OH excluding ortho intramolecular Hbond substituents is 1. The van der Waals surface area contributed by atoms with E-state index in [0.717, 1.165) is 4.47 Å². The van der Waals surface area contributed by atoms with Gasteiger partial charge in [-0.3, -0.25) is 9.36 Å². The number of rotatable bonds is 3. The quantitative estimate of drug-likeness (QED) is 0.756. The molecule has 1 N–H and O–H groups in total. The maximum atomic E-state index is 12.5. The first-order valence-electron chi connectivity index (χ1n) is 7.26. The van der Waals surface area contributed by atoms with Crippen LogP contribution in [0.25, 0.3) is 23.1 Å². The van der Waals surface area contributed by atoms with Crippen LogP contribution in [-0.4, -0.2) is 14.7 Å². The van der Waals surface area contributed by atoms with Crippen molar-refractivity contribution in [3.05, 3.63) is 68.7 Å². The molecule has 5 heteroatoms. The normalized spacial score (nSPS) is 11.4. The SMILES string of the molecule is CCn1c(/C=C/c2cc(Br)ccc2O)nc2ccccc2c1=O. The summed E-state index contributed by atoms with van der Waals surface area (Å²) in [6.45, 7) is 2.44. The number of hydrogen-bond acceptors (Lipinski definition) is 3. The number of hydrogen-bond donors (Lipinski definition) is 1. The second-order valence-corrected chi connectivity index (χ2v) is 5.99. The third-order valence-corrected chi connectivity index (χ3v) is 4.10. The van der Waals surface area contributed by atoms with Crippen LogP contribution in [0.3, 0.4) is 0 Å². The second-order valence-electron chi connectivity index (χ2n) is 5.07. The fourth-order valence-electron chi connectivity index (χ4n) is 2.44. The van der Waals surface area contributed by atoms with Crippen molar-refractivity contribution in [2.24, 2.45) is 0 Å². The lowest BCUT2D eigenvalue weighted by molar-refractivity contribution is 0.474. The third kappa shape index (κ3) is 3.05. The summed E-state index contributed by atoms with van der Waals surface area (Å²) < 4.78 is 2.49. The van der Waals surface area contributed by atoms with E-state index in [-0.39, 0.29) is 11.3 Å². The van der Waals surface area contributed by atoms with Crippen molar-refractivity contribution < 1.29 is 5.11 Å². The lowest BCUT2D eigenvalue weighted by Gasteiger charge is -2.08. The van der Waals surface area contributed by atoms with Crippen LogP contribution in [0.5, 0.6) is 5.75 Å². The number of fused-ring (bicyclic) bond motifs is 1. The Hall–Kier alpha value is -2.40. The van der Waals surface area contributed by atoms with Crippen LogP contribution >= 0.6 is 15.9 Å². The Labute approximate surface area is 141 Å². The molecule has 3 rings (SSSR count). The highest BCUT2D eigenvalue weighted by atomic mass is 79.9. The van der Waals surface area contributed by atoms with E-state index in [1.54, 1.807) is 41.0 Å². The zero-order valence-electron chi connectivity index (χ0n) is 12.5. The molecule has 0 saturated heterocycles. The van der Waals surface area contributed by atoms with Crippen LogP contribution < -0.4 is 5.56 Å². The van der Waals surface area contributed by atoms with Crippen molar-refractivity contribution in [2.75, 3.05) is 0 Å². The Balaban J connectivity index is 2.14. The number of benzene rings is 2. The van der Waals surface area contributed by atoms with Gasteiger partial charge in [0.05, 0.1) is 10.9 Å². The van der Waals surface area contributed by atoms with E-state index in [4.69, 9.17) is 0 Å². The lowest BCUT2D eigenvalue weighted by Crippen LogP contribution is -2.22. The molecular formula is C18H15BrN2O2. The fraction of sp³-hybridized carbons (Fsp3) is 0.111. The third-order valence-electron chi connectivity index (χ3n) is 3.61. The molecule has 0 spiro atoms. The van der Waals surface area contributed by atoms with E-state index in [2.05, 4.69) is 20.9 Å². The van der Waals surface area contributed by atoms with E-state index in [1.165, 1.54) is 0 Å². The van der Waals surface area contributed by atoms with Crippen LogP contribution in [0, 0.1) is 0 Å². The molecule has 23 heavy (non-hydrogen) atoms. The summed E-state index contributed by atoms with van der Waals surface area (Å²) in [4.78, 5) is 17.1. The number of nitrogens with zero attached hydrogens (tertiary/aromatic N) is 2. The van der Waals surface area contributed by atoms with Gasteiger partial charge < -0.3 is 5.11 Å². The first-order valence-corrected chi connectivity index (χ1v) is 8.05. The van der Waals surface area contributed by atoms with Gasteiger partial charge >= 0.3 is 0 Å². The minimum Gasteiger partial charge on any atom is -0.507 e. The Kier molecular flexibility index (Phi) is 4.30. The molecule has 116 valence electrons. The topological polar surface area (TPSA) is 55.1 Å². The molecule has 0 fully saturated rings. The van der Waals surface area contributed by atoms with E-state index in [0.29, 0.717) is 28.8 Å². The number of aromatic hydroxyl groups is 1. The van der Waals surface area contributed by atoms with Gasteiger partial charge in [0.1, 0.15) is 11.6 Å². The molecule has 0 atom stereocenters. The van der Waals surface area contributed by atoms with Crippen LogP contribution in [-0.2, 0) is 6.54 Å². The highest BCUT2D eigenvalue weighted by Gasteiger charge is 2.07. The van der Waals surface area contributed by atoms with Gasteiger partial charge in [0.15, 0.2) is 0 Å². The predicted octanol–water partition coefficient (Wildman–Crippen LogP) is 4.05. The minimum atomic E-state index is -0.0591. The number of para-hydroxylation sites is 1. The molecule has 0 bridgehead atoms. The van der Waals surface area contributed by atoms with E-state index < -0.39 is 0 Å². The molecule has 0 aliphatic carbocycles. The van der Waals surface area contributed by atoms with Crippen molar-refractivity contribution in [2.45, 2.75) is 13.5 Å². The molecule has 0 amide bonds. The number of halogens is 1. The average Bonchev–Trinajstić information content (AvgIpc) is 2.56. The van der Waals surface area contributed by atoms with Crippen LogP contribution in [0.2, 0.25) is 0 Å². The lowest BCUT2D eigenvalue weighted by atomic mass is 10.2. The zero-order valence-corrected chi connectivity index (χ0v) is 14.1. The molecule has 0 saturated carbocycles. The van der Waals surface area contributed by atoms with Crippen molar-refractivity contribution >= 4 is 39.0 Å². The smallest absolute Gasteiger partial charge is 0.261 e. The predicted molar refractivity (Wildman–Crippen MR) is 96.4 cm³/mol. The van der Waals surface area contributed by atoms with E-state index in [9.17, 15) is 9.90 Å². The maximum Gasteiger partial charge on any atom is 0.261 e. The molecule has 2 aromatic carbocycles. The van der Waals surface area contributed by atoms with Crippen molar-refractivity contribution in [1.29, 1.82) is 0 Å². The van der Waals surface area contributed by atoms with Gasteiger partial charge in [0.2, 0.25) is 0 Å². The first-order chi connectivity index (χ1) is 11.1. The zero-order chi connectivity index (χ0) is 16.4. The molecular weight excluding hydrogens is 356 g/mol. The molecule has 3 aromatic rings. The molecule has 0 radical (unpaired) electrons. The van der Waals surface area contributed by atoms with Crippen molar-refractivity contribution in [3.63, 3.8) is 0 Å². The summed E-state index contributed by atoms with van der Waals surface area (Å²) in [6, 6.07) is 12.5. The van der Waals surface area contributed by atoms with Gasteiger partial charge in [0, 0.05) is 16.6 Å². The molecule has 1 heterocycles. The summed E-state index contributed by atoms with van der Waals surface area (Å²) in [5.74, 6) is 0.742. The highest BCUT2D eigenvalue weighted by Crippen LogP contribution is 2.23. The van der Waals surface area contributed by atoms with Crippen LogP contribution in [0.4, 0.5) is 0 Å². The first kappa shape index (κ1) is 15.5. The monoisotopic (exact) mass is 370 g/mol. The molecule has 4 nitrogen and oxygen atoms in total. The van der Waals surface area contributed by atoms with Gasteiger partial charge in [-0.05, 0) is 49.4 Å². The summed E-state index contributed by atoms with van der Waals surface area (Å²) >= 11 is 3.38. The van der Waals surface area contributed by atoms with Crippen molar-refractivity contribution in [3.8, 4) is 5.75 Å². The van der Waals surface area contributed by atoms with Crippen molar-refractivity contribution in [1.82, 2.24) is 9.55 Å². The van der Waals surface area contributed by atoms with E-state index >= 15 is 0 Å². The molecule has 0 unspecified atom stereocenters. The number of aromatic nitrogens is 2. The average molecular weight is 371 g/mol. The molecule has 0 aliphatic rings. The Morgan fingerprint density at radius 3 is 2.78 bits per heavy atom. The molecule has 0 aliphatic heterocycles. The second kappa shape index (κ2) is 6.38. The Morgan fingerprint density at radius 2 is 2.00 bits per heavy atom. The largest absolute Gasteiger partial charge is 0.507 e. The summed E-state index contributed by atoms with van der Waals surface area (Å²) in [6.07, 6.45) is 3.50. The maximum absolute atomic E-state index is 12.5. The van der Waals surface area contributed by atoms with Gasteiger partial charge in [-0.15, -0.1) is 0 Å². The summed E-state index contributed by atoms with van der Waals surface area (Å²) in [7, 11) is 0. The van der Waals surface area contributed by atoms with Gasteiger partial charge in [-0.2, -0.15) is 0 Å². The van der Waals surface area contributed by atoms with Crippen LogP contribution in [0.15, 0.2) is 51.7 Å². The minimum absolute atomic E-state index is 0.0591. The summed E-state index contributed by atoms with van der Waals surface area (Å²) in [5.41, 5.74) is 1.26. The fourth-order valence-corrected chi connectivity index (χ4v) is 2.82. The van der Waals surface area contributed by atoms with Gasteiger partial charge in [-0.25, -0.2) is 4.98 Å². The van der Waals surface area contributed by atoms with Gasteiger partial charge in [-0.1, -0.05) is 28.1 Å². The summed E-state index contributed by atoms with van der Waals surface area (Å²) in [5, 5.41) is 10.5. The Bertz CT molecular complexity index is 961.